The van der Waals surface area contributed by atoms with Crippen LogP contribution in [0.2, 0.25) is 0 Å². The number of nitrogens with zero attached hydrogens (tertiary/aromatic N) is 1. The van der Waals surface area contributed by atoms with E-state index in [2.05, 4.69) is 29.8 Å². The van der Waals surface area contributed by atoms with Crippen LogP contribution in [0, 0.1) is 0 Å². The van der Waals surface area contributed by atoms with E-state index in [4.69, 9.17) is 4.74 Å². The molecular weight excluding hydrogens is 238 g/mol. The molecular formula is C16H21NO2. The van der Waals surface area contributed by atoms with Crippen LogP contribution in [-0.2, 0) is 22.5 Å². The number of ether oxygens (including phenoxy) is 1. The predicted octanol–water partition coefficient (Wildman–Crippen LogP) is 3.55. The molecule has 0 aliphatic carbocycles. The molecule has 0 atom stereocenters. The van der Waals surface area contributed by atoms with Crippen LogP contribution in [0.3, 0.4) is 0 Å². The Morgan fingerprint density at radius 2 is 2.05 bits per heavy atom. The lowest BCUT2D eigenvalue weighted by Gasteiger charge is -2.03. The zero-order valence-electron chi connectivity index (χ0n) is 11.7. The Hall–Kier alpha value is -1.77. The molecule has 0 saturated heterocycles. The maximum absolute atomic E-state index is 11.5. The molecule has 0 radical (unpaired) electrons. The van der Waals surface area contributed by atoms with Crippen molar-refractivity contribution in [3.05, 3.63) is 36.0 Å². The minimum absolute atomic E-state index is 0.184. The second-order valence-electron chi connectivity index (χ2n) is 4.82. The van der Waals surface area contributed by atoms with Crippen molar-refractivity contribution in [3.63, 3.8) is 0 Å². The zero-order chi connectivity index (χ0) is 13.7. The van der Waals surface area contributed by atoms with Crippen LogP contribution >= 0.6 is 0 Å². The molecule has 3 heteroatoms. The Morgan fingerprint density at radius 3 is 2.79 bits per heavy atom. The second-order valence-corrected chi connectivity index (χ2v) is 4.82. The molecule has 0 unspecified atom stereocenters. The highest BCUT2D eigenvalue weighted by Crippen LogP contribution is 2.22. The number of para-hydroxylation sites is 1. The summed E-state index contributed by atoms with van der Waals surface area (Å²) in [6, 6.07) is 8.24. The lowest BCUT2D eigenvalue weighted by atomic mass is 10.1. The number of hydrogen-bond acceptors (Lipinski definition) is 2. The van der Waals surface area contributed by atoms with E-state index in [1.807, 2.05) is 12.1 Å². The average molecular weight is 259 g/mol. The summed E-state index contributed by atoms with van der Waals surface area (Å²) in [5.41, 5.74) is 2.26. The zero-order valence-corrected chi connectivity index (χ0v) is 11.7. The molecule has 1 aromatic carbocycles. The van der Waals surface area contributed by atoms with Crippen molar-refractivity contribution in [1.29, 1.82) is 0 Å². The van der Waals surface area contributed by atoms with Gasteiger partial charge in [0.2, 0.25) is 0 Å². The third-order valence-corrected chi connectivity index (χ3v) is 3.44. The topological polar surface area (TPSA) is 31.2 Å². The van der Waals surface area contributed by atoms with E-state index < -0.39 is 0 Å². The van der Waals surface area contributed by atoms with Gasteiger partial charge in [0.05, 0.1) is 13.5 Å². The first-order valence-electron chi connectivity index (χ1n) is 6.89. The Kier molecular flexibility index (Phi) is 4.61. The summed E-state index contributed by atoms with van der Waals surface area (Å²) < 4.78 is 7.02. The molecule has 2 aromatic rings. The predicted molar refractivity (Wildman–Crippen MR) is 77.2 cm³/mol. The number of fused-ring (bicyclic) bond motifs is 1. The van der Waals surface area contributed by atoms with Gasteiger partial charge in [-0.3, -0.25) is 4.79 Å². The summed E-state index contributed by atoms with van der Waals surface area (Å²) in [7, 11) is 1.43. The number of hydrogen-bond donors (Lipinski definition) is 0. The summed E-state index contributed by atoms with van der Waals surface area (Å²) in [5.74, 6) is -0.184. The SMILES string of the molecule is CCCCCn1cc(CC(=O)OC)c2ccccc21. The molecule has 0 spiro atoms. The minimum atomic E-state index is -0.184. The van der Waals surface area contributed by atoms with Crippen LogP contribution in [0.5, 0.6) is 0 Å². The third-order valence-electron chi connectivity index (χ3n) is 3.44. The molecule has 1 heterocycles. The summed E-state index contributed by atoms with van der Waals surface area (Å²) >= 11 is 0. The van der Waals surface area contributed by atoms with E-state index in [-0.39, 0.29) is 5.97 Å². The van der Waals surface area contributed by atoms with Gasteiger partial charge in [0.1, 0.15) is 0 Å². The number of carbonyl (C=O) groups is 1. The van der Waals surface area contributed by atoms with Gasteiger partial charge in [-0.15, -0.1) is 0 Å². The van der Waals surface area contributed by atoms with E-state index in [0.29, 0.717) is 6.42 Å². The number of benzene rings is 1. The van der Waals surface area contributed by atoms with Crippen molar-refractivity contribution in [2.75, 3.05) is 7.11 Å². The van der Waals surface area contributed by atoms with Crippen LogP contribution in [0.4, 0.5) is 0 Å². The van der Waals surface area contributed by atoms with E-state index in [1.165, 1.54) is 31.9 Å². The van der Waals surface area contributed by atoms with Crippen molar-refractivity contribution >= 4 is 16.9 Å². The molecule has 0 amide bonds. The molecule has 19 heavy (non-hydrogen) atoms. The van der Waals surface area contributed by atoms with Crippen LogP contribution in [0.25, 0.3) is 10.9 Å². The van der Waals surface area contributed by atoms with E-state index >= 15 is 0 Å². The van der Waals surface area contributed by atoms with Crippen LogP contribution in [0.1, 0.15) is 31.7 Å². The Bertz CT molecular complexity index is 557. The monoisotopic (exact) mass is 259 g/mol. The normalized spacial score (nSPS) is 10.8. The van der Waals surface area contributed by atoms with E-state index in [0.717, 1.165) is 17.5 Å². The van der Waals surface area contributed by atoms with Gasteiger partial charge in [0, 0.05) is 23.6 Å². The van der Waals surface area contributed by atoms with Gasteiger partial charge in [0.15, 0.2) is 0 Å². The first-order valence-corrected chi connectivity index (χ1v) is 6.89. The Labute approximate surface area is 114 Å². The number of aromatic nitrogens is 1. The van der Waals surface area contributed by atoms with Crippen molar-refractivity contribution in [2.24, 2.45) is 0 Å². The maximum atomic E-state index is 11.5. The fourth-order valence-electron chi connectivity index (χ4n) is 2.41. The van der Waals surface area contributed by atoms with Crippen LogP contribution in [-0.4, -0.2) is 17.6 Å². The summed E-state index contributed by atoms with van der Waals surface area (Å²) in [5, 5.41) is 1.16. The van der Waals surface area contributed by atoms with Crippen molar-refractivity contribution in [1.82, 2.24) is 4.57 Å². The van der Waals surface area contributed by atoms with Gasteiger partial charge in [-0.2, -0.15) is 0 Å². The highest BCUT2D eigenvalue weighted by Gasteiger charge is 2.11. The largest absolute Gasteiger partial charge is 0.469 e. The van der Waals surface area contributed by atoms with Crippen molar-refractivity contribution in [3.8, 4) is 0 Å². The number of unbranched alkanes of at least 4 members (excludes halogenated alkanes) is 2. The van der Waals surface area contributed by atoms with Gasteiger partial charge in [0.25, 0.3) is 0 Å². The minimum Gasteiger partial charge on any atom is -0.469 e. The molecule has 0 saturated carbocycles. The Balaban J connectivity index is 2.28. The second kappa shape index (κ2) is 6.41. The van der Waals surface area contributed by atoms with Crippen molar-refractivity contribution < 1.29 is 9.53 Å². The molecule has 2 rings (SSSR count). The maximum Gasteiger partial charge on any atom is 0.310 e. The fraction of sp³-hybridized carbons (Fsp3) is 0.438. The van der Waals surface area contributed by atoms with Gasteiger partial charge < -0.3 is 9.30 Å². The quantitative estimate of drug-likeness (QED) is 0.587. The Morgan fingerprint density at radius 1 is 1.26 bits per heavy atom. The molecule has 0 bridgehead atoms. The highest BCUT2D eigenvalue weighted by atomic mass is 16.5. The number of rotatable bonds is 6. The third kappa shape index (κ3) is 3.16. The van der Waals surface area contributed by atoms with E-state index in [9.17, 15) is 4.79 Å². The lowest BCUT2D eigenvalue weighted by Crippen LogP contribution is -2.04. The summed E-state index contributed by atoms with van der Waals surface area (Å²) in [4.78, 5) is 11.5. The average Bonchev–Trinajstić information content (AvgIpc) is 2.78. The van der Waals surface area contributed by atoms with Crippen LogP contribution in [0.15, 0.2) is 30.5 Å². The first kappa shape index (κ1) is 13.7. The van der Waals surface area contributed by atoms with Gasteiger partial charge >= 0.3 is 5.97 Å². The summed E-state index contributed by atoms with van der Waals surface area (Å²) in [6.07, 6.45) is 6.06. The molecule has 1 aromatic heterocycles. The molecule has 0 fully saturated rings. The summed E-state index contributed by atoms with van der Waals surface area (Å²) in [6.45, 7) is 3.21. The first-order chi connectivity index (χ1) is 9.26. The highest BCUT2D eigenvalue weighted by molar-refractivity contribution is 5.87. The van der Waals surface area contributed by atoms with Crippen LogP contribution < -0.4 is 0 Å². The van der Waals surface area contributed by atoms with Gasteiger partial charge in [-0.1, -0.05) is 38.0 Å². The number of esters is 1. The molecule has 0 aliphatic heterocycles. The van der Waals surface area contributed by atoms with Gasteiger partial charge in [-0.05, 0) is 18.1 Å². The number of aryl methyl sites for hydroxylation is 1. The smallest absolute Gasteiger partial charge is 0.310 e. The molecule has 102 valence electrons. The number of carbonyl (C=O) groups excluding carboxylic acids is 1. The fourth-order valence-corrected chi connectivity index (χ4v) is 2.41. The number of methoxy groups -OCH3 is 1. The molecule has 3 nitrogen and oxygen atoms in total. The molecule has 0 aliphatic rings. The standard InChI is InChI=1S/C16H21NO2/c1-3-4-7-10-17-12-13(11-16(18)19-2)14-8-5-6-9-15(14)17/h5-6,8-9,12H,3-4,7,10-11H2,1-2H3. The van der Waals surface area contributed by atoms with E-state index in [1.54, 1.807) is 0 Å². The lowest BCUT2D eigenvalue weighted by molar-refractivity contribution is -0.139. The van der Waals surface area contributed by atoms with Crippen molar-refractivity contribution in [2.45, 2.75) is 39.2 Å². The van der Waals surface area contributed by atoms with Gasteiger partial charge in [-0.25, -0.2) is 0 Å². The molecule has 0 N–H and O–H groups in total.